The van der Waals surface area contributed by atoms with Gasteiger partial charge >= 0.3 is 6.18 Å². The minimum atomic E-state index is -4.55. The molecule has 0 aliphatic heterocycles. The molecule has 0 aliphatic rings. The van der Waals surface area contributed by atoms with Crippen LogP contribution in [0, 0.1) is 6.92 Å². The largest absolute Gasteiger partial charge is 0.489 e. The van der Waals surface area contributed by atoms with Crippen molar-refractivity contribution in [1.82, 2.24) is 9.97 Å². The number of ether oxygens (including phenoxy) is 1. The molecule has 0 saturated heterocycles. The van der Waals surface area contributed by atoms with Crippen LogP contribution in [0.15, 0.2) is 54.7 Å². The van der Waals surface area contributed by atoms with Gasteiger partial charge < -0.3 is 4.74 Å². The number of aromatic nitrogens is 2. The topological polar surface area (TPSA) is 35.0 Å². The van der Waals surface area contributed by atoms with Crippen LogP contribution in [-0.2, 0) is 12.8 Å². The summed E-state index contributed by atoms with van der Waals surface area (Å²) in [6.07, 6.45) is -3.47. The summed E-state index contributed by atoms with van der Waals surface area (Å²) in [5.74, 6) is 0.548. The molecule has 0 atom stereocenters. The van der Waals surface area contributed by atoms with Crippen molar-refractivity contribution in [3.05, 3.63) is 76.7 Å². The van der Waals surface area contributed by atoms with Crippen LogP contribution in [0.2, 0.25) is 5.02 Å². The maximum absolute atomic E-state index is 12.7. The van der Waals surface area contributed by atoms with Crippen LogP contribution in [0.1, 0.15) is 17.0 Å². The summed E-state index contributed by atoms with van der Waals surface area (Å²) in [5.41, 5.74) is 1.32. The molecule has 0 unspecified atom stereocenters. The monoisotopic (exact) mass is 378 g/mol. The summed E-state index contributed by atoms with van der Waals surface area (Å²) in [5, 5.41) is -0.0700. The van der Waals surface area contributed by atoms with E-state index >= 15 is 0 Å². The van der Waals surface area contributed by atoms with E-state index in [1.54, 1.807) is 19.1 Å². The first-order valence-electron chi connectivity index (χ1n) is 7.71. The van der Waals surface area contributed by atoms with E-state index < -0.39 is 11.9 Å². The second-order valence-electron chi connectivity index (χ2n) is 5.65. The molecule has 0 saturated carbocycles. The number of hydrogen-bond acceptors (Lipinski definition) is 3. The third kappa shape index (κ3) is 4.32. The number of nitrogens with zero attached hydrogens (tertiary/aromatic N) is 2. The second-order valence-corrected chi connectivity index (χ2v) is 6.06. The van der Waals surface area contributed by atoms with Crippen LogP contribution < -0.4 is 4.74 Å². The predicted molar refractivity (Wildman–Crippen MR) is 93.0 cm³/mol. The van der Waals surface area contributed by atoms with Crippen molar-refractivity contribution in [2.45, 2.75) is 19.7 Å². The van der Waals surface area contributed by atoms with Crippen LogP contribution in [0.25, 0.3) is 11.3 Å². The molecule has 0 spiro atoms. The normalized spacial score (nSPS) is 11.4. The van der Waals surface area contributed by atoms with E-state index in [2.05, 4.69) is 9.97 Å². The Kier molecular flexibility index (Phi) is 5.13. The number of benzene rings is 1. The summed E-state index contributed by atoms with van der Waals surface area (Å²) in [6.45, 7) is 2.13. The van der Waals surface area contributed by atoms with E-state index in [1.165, 1.54) is 0 Å². The van der Waals surface area contributed by atoms with Gasteiger partial charge in [-0.3, -0.25) is 9.97 Å². The molecule has 2 aromatic heterocycles. The van der Waals surface area contributed by atoms with Gasteiger partial charge in [0.2, 0.25) is 0 Å². The summed E-state index contributed by atoms with van der Waals surface area (Å²) in [7, 11) is 0. The first kappa shape index (κ1) is 18.2. The van der Waals surface area contributed by atoms with Crippen LogP contribution >= 0.6 is 11.6 Å². The summed E-state index contributed by atoms with van der Waals surface area (Å²) in [4.78, 5) is 7.78. The average molecular weight is 379 g/mol. The Morgan fingerprint density at radius 1 is 1.08 bits per heavy atom. The van der Waals surface area contributed by atoms with Gasteiger partial charge in [-0.1, -0.05) is 41.9 Å². The fraction of sp³-hybridized carbons (Fsp3) is 0.158. The third-order valence-electron chi connectivity index (χ3n) is 3.60. The lowest BCUT2D eigenvalue weighted by atomic mass is 10.1. The Morgan fingerprint density at radius 3 is 2.46 bits per heavy atom. The van der Waals surface area contributed by atoms with Crippen LogP contribution in [0.4, 0.5) is 13.2 Å². The van der Waals surface area contributed by atoms with Gasteiger partial charge in [0.1, 0.15) is 18.1 Å². The van der Waals surface area contributed by atoms with E-state index in [0.29, 0.717) is 29.3 Å². The Balaban J connectivity index is 1.88. The molecule has 3 rings (SSSR count). The number of hydrogen-bond donors (Lipinski definition) is 0. The molecule has 0 aliphatic carbocycles. The predicted octanol–water partition coefficient (Wildman–Crippen LogP) is 5.70. The van der Waals surface area contributed by atoms with Gasteiger partial charge in [-0.25, -0.2) is 0 Å². The van der Waals surface area contributed by atoms with E-state index in [-0.39, 0.29) is 5.02 Å². The first-order chi connectivity index (χ1) is 12.3. The minimum Gasteiger partial charge on any atom is -0.489 e. The number of pyridine rings is 2. The lowest BCUT2D eigenvalue weighted by Crippen LogP contribution is -2.08. The van der Waals surface area contributed by atoms with Crippen LogP contribution in [0.5, 0.6) is 5.75 Å². The minimum absolute atomic E-state index is 0.0700. The molecule has 26 heavy (non-hydrogen) atoms. The fourth-order valence-corrected chi connectivity index (χ4v) is 2.62. The van der Waals surface area contributed by atoms with Crippen LogP contribution in [0.3, 0.4) is 0 Å². The van der Waals surface area contributed by atoms with Crippen molar-refractivity contribution in [1.29, 1.82) is 0 Å². The number of alkyl halides is 3. The Hall–Kier alpha value is -2.60. The highest BCUT2D eigenvalue weighted by atomic mass is 35.5. The molecular weight excluding hydrogens is 365 g/mol. The molecule has 134 valence electrons. The van der Waals surface area contributed by atoms with E-state index in [0.717, 1.165) is 17.8 Å². The molecule has 3 aromatic rings. The molecule has 0 N–H and O–H groups in total. The van der Waals surface area contributed by atoms with E-state index in [1.807, 2.05) is 30.3 Å². The van der Waals surface area contributed by atoms with Gasteiger partial charge in [-0.05, 0) is 18.6 Å². The SMILES string of the molecule is Cc1cc(OCc2ccccc2)cc(-c2cnc(C(F)(F)F)cc2Cl)n1. The molecule has 1 aromatic carbocycles. The number of aryl methyl sites for hydroxylation is 1. The first-order valence-corrected chi connectivity index (χ1v) is 8.09. The van der Waals surface area contributed by atoms with Crippen molar-refractivity contribution in [3.63, 3.8) is 0 Å². The zero-order valence-electron chi connectivity index (χ0n) is 13.7. The van der Waals surface area contributed by atoms with Gasteiger partial charge in [0.15, 0.2) is 0 Å². The van der Waals surface area contributed by atoms with Crippen molar-refractivity contribution in [3.8, 4) is 17.0 Å². The lowest BCUT2D eigenvalue weighted by molar-refractivity contribution is -0.141. The maximum Gasteiger partial charge on any atom is 0.433 e. The highest BCUT2D eigenvalue weighted by molar-refractivity contribution is 6.33. The average Bonchev–Trinajstić information content (AvgIpc) is 2.59. The summed E-state index contributed by atoms with van der Waals surface area (Å²) in [6, 6.07) is 13.8. The Labute approximate surface area is 153 Å². The van der Waals surface area contributed by atoms with Gasteiger partial charge in [0, 0.05) is 29.6 Å². The molecule has 0 radical (unpaired) electrons. The molecule has 0 bridgehead atoms. The number of halogens is 4. The fourth-order valence-electron chi connectivity index (χ4n) is 2.37. The molecular formula is C19H14ClF3N2O. The zero-order valence-corrected chi connectivity index (χ0v) is 14.5. The smallest absolute Gasteiger partial charge is 0.433 e. The summed E-state index contributed by atoms with van der Waals surface area (Å²) >= 11 is 6.03. The van der Waals surface area contributed by atoms with Gasteiger partial charge in [0.05, 0.1) is 10.7 Å². The highest BCUT2D eigenvalue weighted by Crippen LogP contribution is 2.34. The second kappa shape index (κ2) is 7.33. The third-order valence-corrected chi connectivity index (χ3v) is 3.91. The maximum atomic E-state index is 12.7. The van der Waals surface area contributed by atoms with Crippen molar-refractivity contribution < 1.29 is 17.9 Å². The Morgan fingerprint density at radius 2 is 1.81 bits per heavy atom. The van der Waals surface area contributed by atoms with Gasteiger partial charge in [-0.2, -0.15) is 13.2 Å². The molecule has 0 amide bonds. The highest BCUT2D eigenvalue weighted by Gasteiger charge is 2.33. The van der Waals surface area contributed by atoms with E-state index in [9.17, 15) is 13.2 Å². The standard InChI is InChI=1S/C19H14ClF3N2O/c1-12-7-14(26-11-13-5-3-2-4-6-13)8-17(25-12)15-10-24-18(9-16(15)20)19(21,22)23/h2-10H,11H2,1H3. The summed E-state index contributed by atoms with van der Waals surface area (Å²) < 4.78 is 44.0. The molecule has 3 nitrogen and oxygen atoms in total. The number of rotatable bonds is 4. The van der Waals surface area contributed by atoms with Crippen molar-refractivity contribution in [2.24, 2.45) is 0 Å². The quantitative estimate of drug-likeness (QED) is 0.583. The molecule has 0 fully saturated rings. The molecule has 7 heteroatoms. The van der Waals surface area contributed by atoms with Gasteiger partial charge in [0.25, 0.3) is 0 Å². The van der Waals surface area contributed by atoms with E-state index in [4.69, 9.17) is 16.3 Å². The van der Waals surface area contributed by atoms with Crippen molar-refractivity contribution >= 4 is 11.6 Å². The molecule has 2 heterocycles. The van der Waals surface area contributed by atoms with Crippen LogP contribution in [-0.4, -0.2) is 9.97 Å². The van der Waals surface area contributed by atoms with Crippen molar-refractivity contribution in [2.75, 3.05) is 0 Å². The van der Waals surface area contributed by atoms with Gasteiger partial charge in [-0.15, -0.1) is 0 Å². The zero-order chi connectivity index (χ0) is 18.7. The lowest BCUT2D eigenvalue weighted by Gasteiger charge is -2.11. The Bertz CT molecular complexity index is 914.